The van der Waals surface area contributed by atoms with Gasteiger partial charge in [0.1, 0.15) is 11.5 Å². The minimum atomic E-state index is -3.83. The van der Waals surface area contributed by atoms with E-state index in [1.807, 2.05) is 78.9 Å². The zero-order chi connectivity index (χ0) is 20.7. The minimum absolute atomic E-state index is 0.451. The lowest BCUT2D eigenvalue weighted by Gasteiger charge is -2.28. The predicted molar refractivity (Wildman–Crippen MR) is 119 cm³/mol. The normalized spacial score (nSPS) is 12.0. The van der Waals surface area contributed by atoms with E-state index in [1.165, 1.54) is 0 Å². The maximum Gasteiger partial charge on any atom is 0.459 e. The molecule has 3 aromatic carbocycles. The highest BCUT2D eigenvalue weighted by atomic mass is 31.2. The van der Waals surface area contributed by atoms with Crippen LogP contribution in [0.2, 0.25) is 0 Å². The van der Waals surface area contributed by atoms with Crippen LogP contribution in [0.1, 0.15) is 11.5 Å². The van der Waals surface area contributed by atoms with Crippen molar-refractivity contribution >= 4 is 13.3 Å². The Labute approximate surface area is 175 Å². The number of nitrogens with zero attached hydrogens (tertiary/aromatic N) is 1. The highest BCUT2D eigenvalue weighted by Crippen LogP contribution is 2.59. The number of aromatic nitrogens is 1. The molecule has 1 aromatic heterocycles. The van der Waals surface area contributed by atoms with Crippen LogP contribution in [0.25, 0.3) is 0 Å². The third-order valence-corrected chi connectivity index (χ3v) is 6.27. The number of hydrogen-bond acceptors (Lipinski definition) is 5. The van der Waals surface area contributed by atoms with Gasteiger partial charge in [-0.3, -0.25) is 4.98 Å². The van der Waals surface area contributed by atoms with E-state index in [4.69, 9.17) is 9.05 Å². The van der Waals surface area contributed by atoms with E-state index in [0.29, 0.717) is 17.2 Å². The lowest BCUT2D eigenvalue weighted by molar-refractivity contribution is 0.375. The molecule has 5 nitrogen and oxygen atoms in total. The first-order valence-electron chi connectivity index (χ1n) is 9.54. The first kappa shape index (κ1) is 19.7. The average Bonchev–Trinajstić information content (AvgIpc) is 2.80. The van der Waals surface area contributed by atoms with Gasteiger partial charge in [0.2, 0.25) is 0 Å². The van der Waals surface area contributed by atoms with E-state index in [-0.39, 0.29) is 0 Å². The van der Waals surface area contributed by atoms with Crippen molar-refractivity contribution < 1.29 is 13.6 Å². The Kier molecular flexibility index (Phi) is 6.11. The van der Waals surface area contributed by atoms with Gasteiger partial charge in [-0.2, -0.15) is 0 Å². The Morgan fingerprint density at radius 1 is 0.667 bits per heavy atom. The summed E-state index contributed by atoms with van der Waals surface area (Å²) >= 11 is 0. The summed E-state index contributed by atoms with van der Waals surface area (Å²) in [5.41, 5.74) is 1.33. The van der Waals surface area contributed by atoms with Gasteiger partial charge in [0, 0.05) is 11.9 Å². The smallest absolute Gasteiger partial charge is 0.414 e. The topological polar surface area (TPSA) is 60.5 Å². The van der Waals surface area contributed by atoms with Crippen LogP contribution in [0.15, 0.2) is 115 Å². The molecule has 0 amide bonds. The van der Waals surface area contributed by atoms with Crippen molar-refractivity contribution in [2.75, 3.05) is 5.32 Å². The van der Waals surface area contributed by atoms with Gasteiger partial charge in [0.05, 0.1) is 5.69 Å². The Hall–Kier alpha value is -3.56. The minimum Gasteiger partial charge on any atom is -0.414 e. The van der Waals surface area contributed by atoms with Gasteiger partial charge in [0.15, 0.2) is 5.78 Å². The summed E-state index contributed by atoms with van der Waals surface area (Å²) in [5, 5.41) is 3.30. The molecule has 30 heavy (non-hydrogen) atoms. The third-order valence-electron chi connectivity index (χ3n) is 4.31. The molecule has 0 aliphatic heterocycles. The van der Waals surface area contributed by atoms with Crippen molar-refractivity contribution in [2.24, 2.45) is 0 Å². The predicted octanol–water partition coefficient (Wildman–Crippen LogP) is 6.54. The van der Waals surface area contributed by atoms with Gasteiger partial charge >= 0.3 is 7.60 Å². The molecule has 150 valence electrons. The second-order valence-electron chi connectivity index (χ2n) is 6.52. The molecule has 6 heteroatoms. The van der Waals surface area contributed by atoms with Crippen LogP contribution in [0.5, 0.6) is 11.5 Å². The summed E-state index contributed by atoms with van der Waals surface area (Å²) in [6.45, 7) is 0. The van der Waals surface area contributed by atoms with E-state index in [0.717, 1.165) is 5.69 Å². The molecule has 0 aliphatic rings. The van der Waals surface area contributed by atoms with E-state index in [2.05, 4.69) is 10.3 Å². The number of nitrogens with one attached hydrogen (secondary N) is 1. The number of para-hydroxylation sites is 3. The zero-order valence-corrected chi connectivity index (χ0v) is 17.1. The highest BCUT2D eigenvalue weighted by molar-refractivity contribution is 7.55. The molecule has 0 saturated carbocycles. The summed E-state index contributed by atoms with van der Waals surface area (Å²) in [6.07, 6.45) is 1.66. The maximum atomic E-state index is 14.3. The zero-order valence-electron chi connectivity index (χ0n) is 16.2. The average molecular weight is 416 g/mol. The van der Waals surface area contributed by atoms with Crippen LogP contribution >= 0.6 is 7.60 Å². The third kappa shape index (κ3) is 4.88. The van der Waals surface area contributed by atoms with Crippen molar-refractivity contribution in [2.45, 2.75) is 5.78 Å². The van der Waals surface area contributed by atoms with Crippen LogP contribution in [-0.2, 0) is 4.57 Å². The van der Waals surface area contributed by atoms with Crippen LogP contribution in [0.3, 0.4) is 0 Å². The monoisotopic (exact) mass is 416 g/mol. The van der Waals surface area contributed by atoms with Gasteiger partial charge in [-0.05, 0) is 48.5 Å². The van der Waals surface area contributed by atoms with Gasteiger partial charge in [-0.15, -0.1) is 0 Å². The quantitative estimate of drug-likeness (QED) is 0.330. The van der Waals surface area contributed by atoms with Crippen molar-refractivity contribution in [3.8, 4) is 11.5 Å². The Morgan fingerprint density at radius 3 is 1.67 bits per heavy atom. The van der Waals surface area contributed by atoms with E-state index >= 15 is 0 Å². The molecule has 1 heterocycles. The maximum absolute atomic E-state index is 14.3. The number of benzene rings is 3. The van der Waals surface area contributed by atoms with E-state index in [1.54, 1.807) is 36.5 Å². The van der Waals surface area contributed by atoms with Crippen LogP contribution in [-0.4, -0.2) is 4.98 Å². The number of pyridine rings is 1. The first-order chi connectivity index (χ1) is 14.7. The highest BCUT2D eigenvalue weighted by Gasteiger charge is 2.42. The van der Waals surface area contributed by atoms with Gasteiger partial charge < -0.3 is 14.4 Å². The molecule has 4 aromatic rings. The van der Waals surface area contributed by atoms with Gasteiger partial charge in [-0.25, -0.2) is 4.57 Å². The van der Waals surface area contributed by atoms with Crippen molar-refractivity contribution in [3.05, 3.63) is 121 Å². The van der Waals surface area contributed by atoms with Crippen molar-refractivity contribution in [1.29, 1.82) is 0 Å². The number of hydrogen-bond donors (Lipinski definition) is 1. The molecule has 0 unspecified atom stereocenters. The molecule has 0 spiro atoms. The molecule has 1 N–H and O–H groups in total. The second kappa shape index (κ2) is 9.29. The molecule has 1 atom stereocenters. The van der Waals surface area contributed by atoms with Crippen LogP contribution < -0.4 is 14.4 Å². The Morgan fingerprint density at radius 2 is 1.17 bits per heavy atom. The number of anilines is 1. The largest absolute Gasteiger partial charge is 0.459 e. The molecular weight excluding hydrogens is 395 g/mol. The fraction of sp³-hybridized carbons (Fsp3) is 0.0417. The molecule has 0 bridgehead atoms. The summed E-state index contributed by atoms with van der Waals surface area (Å²) in [4.78, 5) is 4.43. The molecule has 0 saturated heterocycles. The second-order valence-corrected chi connectivity index (χ2v) is 8.48. The lowest BCUT2D eigenvalue weighted by atomic mass is 10.3. The fourth-order valence-electron chi connectivity index (χ4n) is 2.93. The van der Waals surface area contributed by atoms with Crippen molar-refractivity contribution in [1.82, 2.24) is 4.98 Å². The summed E-state index contributed by atoms with van der Waals surface area (Å²) in [5.74, 6) is 0.0710. The van der Waals surface area contributed by atoms with Crippen molar-refractivity contribution in [3.63, 3.8) is 0 Å². The van der Waals surface area contributed by atoms with E-state index < -0.39 is 13.4 Å². The standard InChI is InChI=1S/C24H21N2O3P/c27-30(28-21-14-6-2-7-15-21,29-22-16-8-3-9-17-22)24(23-18-10-11-19-25-23)26-20-12-4-1-5-13-20/h1-19,24,26H/t24-/m1/s1. The Balaban J connectivity index is 1.78. The molecule has 0 radical (unpaired) electrons. The fourth-order valence-corrected chi connectivity index (χ4v) is 4.79. The molecule has 0 aliphatic carbocycles. The summed E-state index contributed by atoms with van der Waals surface area (Å²) in [7, 11) is -3.83. The summed E-state index contributed by atoms with van der Waals surface area (Å²) in [6, 6.07) is 33.0. The van der Waals surface area contributed by atoms with Gasteiger partial charge in [-0.1, -0.05) is 60.7 Å². The first-order valence-corrected chi connectivity index (χ1v) is 11.2. The Bertz CT molecular complexity index is 1050. The SMILES string of the molecule is O=P(Oc1ccccc1)(Oc1ccccc1)[C@@H](Nc1ccccc1)c1ccccn1. The van der Waals surface area contributed by atoms with Crippen LogP contribution in [0.4, 0.5) is 5.69 Å². The van der Waals surface area contributed by atoms with E-state index in [9.17, 15) is 4.57 Å². The lowest BCUT2D eigenvalue weighted by Crippen LogP contribution is -2.19. The molecular formula is C24H21N2O3P. The molecule has 4 rings (SSSR count). The van der Waals surface area contributed by atoms with Crippen LogP contribution in [0, 0.1) is 0 Å². The number of rotatable bonds is 8. The summed E-state index contributed by atoms with van der Waals surface area (Å²) < 4.78 is 26.4. The molecule has 0 fully saturated rings. The van der Waals surface area contributed by atoms with Gasteiger partial charge in [0.25, 0.3) is 0 Å².